The predicted octanol–water partition coefficient (Wildman–Crippen LogP) is 2.31. The molecule has 0 fully saturated rings. The van der Waals surface area contributed by atoms with Crippen LogP contribution in [0.3, 0.4) is 0 Å². The van der Waals surface area contributed by atoms with Gasteiger partial charge in [-0.1, -0.05) is 16.4 Å². The maximum absolute atomic E-state index is 12.1. The molecule has 0 unspecified atom stereocenters. The van der Waals surface area contributed by atoms with E-state index >= 15 is 0 Å². The summed E-state index contributed by atoms with van der Waals surface area (Å²) in [5, 5.41) is 31.9. The SMILES string of the molecule is O=C(CCc1cc(O)ccc1O)Nc1cccc(-n2[nH]nnc2=S)c1. The zero-order valence-corrected chi connectivity index (χ0v) is 13.8. The van der Waals surface area contributed by atoms with Gasteiger partial charge in [-0.15, -0.1) is 0 Å². The first-order valence-electron chi connectivity index (χ1n) is 7.44. The molecular weight excluding hydrogens is 342 g/mol. The van der Waals surface area contributed by atoms with Crippen LogP contribution in [-0.4, -0.2) is 36.3 Å². The molecule has 0 radical (unpaired) electrons. The fourth-order valence-electron chi connectivity index (χ4n) is 2.33. The maximum Gasteiger partial charge on any atom is 0.242 e. The number of amides is 1. The molecule has 3 rings (SSSR count). The maximum atomic E-state index is 12.1. The van der Waals surface area contributed by atoms with E-state index in [-0.39, 0.29) is 28.6 Å². The van der Waals surface area contributed by atoms with Gasteiger partial charge in [0, 0.05) is 12.1 Å². The summed E-state index contributed by atoms with van der Waals surface area (Å²) in [6.07, 6.45) is 0.466. The number of nitrogens with one attached hydrogen (secondary N) is 2. The van der Waals surface area contributed by atoms with E-state index in [0.717, 1.165) is 0 Å². The van der Waals surface area contributed by atoms with Crippen LogP contribution < -0.4 is 5.32 Å². The lowest BCUT2D eigenvalue weighted by Crippen LogP contribution is -2.12. The fraction of sp³-hybridized carbons (Fsp3) is 0.125. The van der Waals surface area contributed by atoms with Gasteiger partial charge in [-0.25, -0.2) is 4.68 Å². The number of hydrogen-bond donors (Lipinski definition) is 4. The number of nitrogens with zero attached hydrogens (tertiary/aromatic N) is 3. The molecule has 1 aromatic heterocycles. The Labute approximate surface area is 147 Å². The van der Waals surface area contributed by atoms with Gasteiger partial charge >= 0.3 is 0 Å². The Morgan fingerprint density at radius 2 is 2.08 bits per heavy atom. The number of hydrogen-bond acceptors (Lipinski definition) is 6. The lowest BCUT2D eigenvalue weighted by Gasteiger charge is -2.08. The summed E-state index contributed by atoms with van der Waals surface area (Å²) < 4.78 is 1.79. The molecule has 8 nitrogen and oxygen atoms in total. The highest BCUT2D eigenvalue weighted by atomic mass is 32.1. The summed E-state index contributed by atoms with van der Waals surface area (Å²) in [6.45, 7) is 0. The minimum atomic E-state index is -0.216. The number of benzene rings is 2. The van der Waals surface area contributed by atoms with Crippen LogP contribution in [-0.2, 0) is 11.2 Å². The molecule has 0 aliphatic carbocycles. The first-order chi connectivity index (χ1) is 12.0. The Morgan fingerprint density at radius 1 is 1.24 bits per heavy atom. The summed E-state index contributed by atoms with van der Waals surface area (Å²) in [5.41, 5.74) is 1.80. The number of anilines is 1. The molecule has 9 heteroatoms. The average molecular weight is 357 g/mol. The number of aromatic amines is 1. The molecular formula is C16H15N5O3S. The van der Waals surface area contributed by atoms with Crippen LogP contribution in [0, 0.1) is 4.77 Å². The zero-order valence-electron chi connectivity index (χ0n) is 13.0. The number of phenols is 2. The van der Waals surface area contributed by atoms with Crippen molar-refractivity contribution < 1.29 is 15.0 Å². The van der Waals surface area contributed by atoms with E-state index in [2.05, 4.69) is 20.8 Å². The number of tetrazole rings is 1. The molecule has 2 aromatic carbocycles. The zero-order chi connectivity index (χ0) is 17.8. The molecule has 0 spiro atoms. The Bertz CT molecular complexity index is 966. The van der Waals surface area contributed by atoms with E-state index in [0.29, 0.717) is 23.4 Å². The number of aryl methyl sites for hydroxylation is 1. The molecule has 0 bridgehead atoms. The summed E-state index contributed by atoms with van der Waals surface area (Å²) in [7, 11) is 0. The highest BCUT2D eigenvalue weighted by Gasteiger charge is 2.08. The highest BCUT2D eigenvalue weighted by molar-refractivity contribution is 7.71. The first kappa shape index (κ1) is 16.7. The van der Waals surface area contributed by atoms with E-state index in [4.69, 9.17) is 12.2 Å². The minimum Gasteiger partial charge on any atom is -0.508 e. The van der Waals surface area contributed by atoms with E-state index in [9.17, 15) is 15.0 Å². The molecule has 128 valence electrons. The molecule has 3 aromatic rings. The number of carbonyl (C=O) groups is 1. The molecule has 0 saturated carbocycles. The summed E-state index contributed by atoms with van der Waals surface area (Å²) in [6, 6.07) is 11.3. The van der Waals surface area contributed by atoms with E-state index in [1.807, 2.05) is 0 Å². The quantitative estimate of drug-likeness (QED) is 0.411. The van der Waals surface area contributed by atoms with Crippen LogP contribution in [0.25, 0.3) is 5.69 Å². The predicted molar refractivity (Wildman–Crippen MR) is 93.3 cm³/mol. The number of rotatable bonds is 5. The van der Waals surface area contributed by atoms with Crippen molar-refractivity contribution in [2.24, 2.45) is 0 Å². The Hall–Kier alpha value is -3.20. The van der Waals surface area contributed by atoms with Gasteiger partial charge in [-0.2, -0.15) is 5.21 Å². The van der Waals surface area contributed by atoms with Crippen LogP contribution in [0.4, 0.5) is 5.69 Å². The monoisotopic (exact) mass is 357 g/mol. The van der Waals surface area contributed by atoms with Gasteiger partial charge in [-0.3, -0.25) is 4.79 Å². The van der Waals surface area contributed by atoms with E-state index < -0.39 is 0 Å². The minimum absolute atomic E-state index is 0.0471. The second-order valence-electron chi connectivity index (χ2n) is 5.33. The lowest BCUT2D eigenvalue weighted by atomic mass is 10.1. The summed E-state index contributed by atoms with van der Waals surface area (Å²) in [4.78, 5) is 12.1. The van der Waals surface area contributed by atoms with Crippen molar-refractivity contribution >= 4 is 23.8 Å². The van der Waals surface area contributed by atoms with Crippen LogP contribution >= 0.6 is 12.2 Å². The van der Waals surface area contributed by atoms with Crippen molar-refractivity contribution in [2.45, 2.75) is 12.8 Å². The van der Waals surface area contributed by atoms with Gasteiger partial charge in [0.25, 0.3) is 0 Å². The molecule has 25 heavy (non-hydrogen) atoms. The molecule has 4 N–H and O–H groups in total. The fourth-order valence-corrected chi connectivity index (χ4v) is 2.52. The van der Waals surface area contributed by atoms with Gasteiger partial charge in [0.15, 0.2) is 0 Å². The number of aromatic nitrogens is 4. The van der Waals surface area contributed by atoms with Crippen molar-refractivity contribution in [3.63, 3.8) is 0 Å². The number of carbonyl (C=O) groups excluding carboxylic acids is 1. The molecule has 0 aliphatic rings. The van der Waals surface area contributed by atoms with Crippen molar-refractivity contribution in [3.05, 3.63) is 52.8 Å². The molecule has 1 amide bonds. The average Bonchev–Trinajstić information content (AvgIpc) is 3.02. The Kier molecular flexibility index (Phi) is 4.75. The van der Waals surface area contributed by atoms with Gasteiger partial charge < -0.3 is 15.5 Å². The third kappa shape index (κ3) is 4.01. The summed E-state index contributed by atoms with van der Waals surface area (Å²) >= 11 is 5.04. The topological polar surface area (TPSA) is 116 Å². The van der Waals surface area contributed by atoms with Crippen LogP contribution in [0.1, 0.15) is 12.0 Å². The smallest absolute Gasteiger partial charge is 0.242 e. The molecule has 0 saturated heterocycles. The first-order valence-corrected chi connectivity index (χ1v) is 7.85. The lowest BCUT2D eigenvalue weighted by molar-refractivity contribution is -0.116. The third-order valence-corrected chi connectivity index (χ3v) is 3.81. The Balaban J connectivity index is 1.66. The van der Waals surface area contributed by atoms with Crippen molar-refractivity contribution in [1.82, 2.24) is 20.2 Å². The highest BCUT2D eigenvalue weighted by Crippen LogP contribution is 2.23. The van der Waals surface area contributed by atoms with Crippen molar-refractivity contribution in [1.29, 1.82) is 0 Å². The van der Waals surface area contributed by atoms with Crippen molar-refractivity contribution in [2.75, 3.05) is 5.32 Å². The second kappa shape index (κ2) is 7.14. The van der Waals surface area contributed by atoms with E-state index in [1.54, 1.807) is 24.3 Å². The van der Waals surface area contributed by atoms with Crippen LogP contribution in [0.15, 0.2) is 42.5 Å². The van der Waals surface area contributed by atoms with E-state index in [1.165, 1.54) is 22.9 Å². The Morgan fingerprint density at radius 3 is 2.84 bits per heavy atom. The number of phenolic OH excluding ortho intramolecular Hbond substituents is 2. The van der Waals surface area contributed by atoms with Crippen LogP contribution in [0.2, 0.25) is 0 Å². The van der Waals surface area contributed by atoms with Crippen molar-refractivity contribution in [3.8, 4) is 17.2 Å². The normalized spacial score (nSPS) is 10.6. The summed E-state index contributed by atoms with van der Waals surface area (Å²) in [5.74, 6) is -0.120. The molecule has 0 aliphatic heterocycles. The molecule has 0 atom stereocenters. The van der Waals surface area contributed by atoms with Gasteiger partial charge in [0.2, 0.25) is 10.7 Å². The second-order valence-corrected chi connectivity index (χ2v) is 5.69. The van der Waals surface area contributed by atoms with Crippen LogP contribution in [0.5, 0.6) is 11.5 Å². The standard InChI is InChI=1S/C16H15N5O3S/c22-13-5-6-14(23)10(8-13)4-7-15(24)17-11-2-1-3-12(9-11)21-16(25)18-19-20-21/h1-3,5-6,8-9,22-23H,4,7H2,(H,17,24)(H,18,20,25). The number of H-pyrrole nitrogens is 1. The third-order valence-electron chi connectivity index (χ3n) is 3.54. The van der Waals surface area contributed by atoms with Gasteiger partial charge in [0.1, 0.15) is 11.5 Å². The molecule has 1 heterocycles. The van der Waals surface area contributed by atoms with Gasteiger partial charge in [-0.05, 0) is 60.6 Å². The van der Waals surface area contributed by atoms with Gasteiger partial charge in [0.05, 0.1) is 5.69 Å². The number of aromatic hydroxyl groups is 2. The largest absolute Gasteiger partial charge is 0.508 e.